The average Bonchev–Trinajstić information content (AvgIpc) is 3.67. The van der Waals surface area contributed by atoms with Crippen LogP contribution >= 0.6 is 0 Å². The number of ketones is 1. The van der Waals surface area contributed by atoms with E-state index in [2.05, 4.69) is 4.98 Å². The zero-order valence-electron chi connectivity index (χ0n) is 20.0. The summed E-state index contributed by atoms with van der Waals surface area (Å²) >= 11 is 0. The van der Waals surface area contributed by atoms with Crippen molar-refractivity contribution in [2.75, 3.05) is 5.75 Å². The van der Waals surface area contributed by atoms with Gasteiger partial charge in [-0.15, -0.1) is 0 Å². The Kier molecular flexibility index (Phi) is 6.22. The number of rotatable bonds is 8. The molecule has 0 spiro atoms. The maximum atomic E-state index is 14.8. The van der Waals surface area contributed by atoms with E-state index < -0.39 is 61.0 Å². The summed E-state index contributed by atoms with van der Waals surface area (Å²) in [6, 6.07) is 8.40. The number of hydrogen-bond acceptors (Lipinski definition) is 6. The van der Waals surface area contributed by atoms with Crippen LogP contribution in [0.2, 0.25) is 0 Å². The number of hydrogen-bond donors (Lipinski definition) is 1. The van der Waals surface area contributed by atoms with Crippen LogP contribution in [0.25, 0.3) is 22.0 Å². The van der Waals surface area contributed by atoms with Gasteiger partial charge in [0.05, 0.1) is 27.9 Å². The predicted octanol–water partition coefficient (Wildman–Crippen LogP) is 4.30. The highest BCUT2D eigenvalue weighted by atomic mass is 32.2. The minimum atomic E-state index is -3.80. The lowest BCUT2D eigenvalue weighted by molar-refractivity contribution is -0.385. The number of nitrogens with zero attached hydrogens (tertiary/aromatic N) is 2. The van der Waals surface area contributed by atoms with E-state index in [4.69, 9.17) is 0 Å². The van der Waals surface area contributed by atoms with Crippen LogP contribution in [0.3, 0.4) is 0 Å². The third-order valence-electron chi connectivity index (χ3n) is 6.63. The number of carbonyl (C=O) groups is 1. The second-order valence-corrected chi connectivity index (χ2v) is 11.6. The molecule has 0 aliphatic heterocycles. The molecule has 0 amide bonds. The molecule has 2 aromatic heterocycles. The van der Waals surface area contributed by atoms with Gasteiger partial charge in [0, 0.05) is 40.4 Å². The van der Waals surface area contributed by atoms with Crippen molar-refractivity contribution in [2.45, 2.75) is 31.6 Å². The quantitative estimate of drug-likeness (QED) is 0.201. The zero-order chi connectivity index (χ0) is 27.4. The zero-order valence-corrected chi connectivity index (χ0v) is 20.8. The summed E-state index contributed by atoms with van der Waals surface area (Å²) in [5.74, 6) is -3.16. The van der Waals surface area contributed by atoms with Gasteiger partial charge in [0.15, 0.2) is 15.6 Å². The number of carbonyl (C=O) groups excluding carboxylic acids is 1. The van der Waals surface area contributed by atoms with Crippen molar-refractivity contribution >= 4 is 32.2 Å². The summed E-state index contributed by atoms with van der Waals surface area (Å²) in [6.45, 7) is 1.03. The molecule has 0 atom stereocenters. The van der Waals surface area contributed by atoms with Gasteiger partial charge in [0.25, 0.3) is 11.2 Å². The molecule has 196 valence electrons. The lowest BCUT2D eigenvalue weighted by Gasteiger charge is -2.13. The Bertz CT molecular complexity index is 1810. The van der Waals surface area contributed by atoms with E-state index in [0.29, 0.717) is 12.8 Å². The molecule has 1 saturated carbocycles. The van der Waals surface area contributed by atoms with Crippen LogP contribution in [0.5, 0.6) is 0 Å². The maximum absolute atomic E-state index is 14.8. The number of halogens is 2. The van der Waals surface area contributed by atoms with E-state index in [-0.39, 0.29) is 38.9 Å². The van der Waals surface area contributed by atoms with Crippen LogP contribution in [0.15, 0.2) is 53.5 Å². The number of aromatic nitrogens is 2. The molecule has 0 unspecified atom stereocenters. The van der Waals surface area contributed by atoms with Crippen LogP contribution in [0.1, 0.15) is 34.5 Å². The molecule has 12 heteroatoms. The van der Waals surface area contributed by atoms with Gasteiger partial charge in [-0.2, -0.15) is 0 Å². The smallest absolute Gasteiger partial charge is 0.269 e. The van der Waals surface area contributed by atoms with E-state index in [1.54, 1.807) is 0 Å². The minimum absolute atomic E-state index is 0.0361. The molecule has 5 rings (SSSR count). The standard InChI is InChI=1S/C26H21F2N3O6S/c1-14-9-19-22(11-21(14)28)30(12-15-10-16(31(34)35)4-7-20(15)27)25(23(32)13-38(36,37)17-5-6-17)24(19)18-3-2-8-29-26(18)33/h2-4,7-11,17H,5-6,12-13H2,1H3,(H,29,33). The highest BCUT2D eigenvalue weighted by molar-refractivity contribution is 7.93. The van der Waals surface area contributed by atoms with E-state index in [1.165, 1.54) is 35.9 Å². The summed E-state index contributed by atoms with van der Waals surface area (Å²) < 4.78 is 56.4. The molecule has 2 heterocycles. The first-order valence-electron chi connectivity index (χ1n) is 11.7. The molecule has 2 aromatic carbocycles. The van der Waals surface area contributed by atoms with Crippen LogP contribution in [0.4, 0.5) is 14.5 Å². The normalized spacial score (nSPS) is 13.7. The van der Waals surface area contributed by atoms with Gasteiger partial charge in [-0.05, 0) is 55.7 Å². The Hall–Kier alpha value is -4.19. The first kappa shape index (κ1) is 25.5. The van der Waals surface area contributed by atoms with Crippen LogP contribution in [-0.2, 0) is 16.4 Å². The number of nitro groups is 1. The number of aromatic amines is 1. The molecule has 0 saturated heterocycles. The van der Waals surface area contributed by atoms with Gasteiger partial charge in [0.1, 0.15) is 17.4 Å². The Morgan fingerprint density at radius 1 is 1.16 bits per heavy atom. The Morgan fingerprint density at radius 3 is 2.55 bits per heavy atom. The number of pyridine rings is 1. The fraction of sp³-hybridized carbons (Fsp3) is 0.231. The fourth-order valence-electron chi connectivity index (χ4n) is 4.59. The Balaban J connectivity index is 1.83. The largest absolute Gasteiger partial charge is 0.333 e. The van der Waals surface area contributed by atoms with Gasteiger partial charge < -0.3 is 9.55 Å². The lowest BCUT2D eigenvalue weighted by Crippen LogP contribution is -2.23. The van der Waals surface area contributed by atoms with Crippen LogP contribution in [0, 0.1) is 28.7 Å². The molecule has 9 nitrogen and oxygen atoms in total. The number of nitro benzene ring substituents is 1. The number of fused-ring (bicyclic) bond motifs is 1. The first-order chi connectivity index (χ1) is 18.0. The van der Waals surface area contributed by atoms with Gasteiger partial charge in [-0.1, -0.05) is 0 Å². The number of benzene rings is 2. The average molecular weight is 542 g/mol. The summed E-state index contributed by atoms with van der Waals surface area (Å²) in [4.78, 5) is 39.7. The van der Waals surface area contributed by atoms with Crippen molar-refractivity contribution in [2.24, 2.45) is 0 Å². The fourth-order valence-corrected chi connectivity index (χ4v) is 6.18. The van der Waals surface area contributed by atoms with E-state index in [0.717, 1.165) is 24.3 Å². The third kappa shape index (κ3) is 4.51. The van der Waals surface area contributed by atoms with E-state index in [1.807, 2.05) is 0 Å². The van der Waals surface area contributed by atoms with Crippen LogP contribution < -0.4 is 5.56 Å². The molecule has 1 aliphatic rings. The molecule has 1 N–H and O–H groups in total. The van der Waals surface area contributed by atoms with Crippen molar-refractivity contribution in [3.8, 4) is 11.1 Å². The molecular formula is C26H21F2N3O6S. The van der Waals surface area contributed by atoms with Gasteiger partial charge in [-0.25, -0.2) is 17.2 Å². The molecular weight excluding hydrogens is 520 g/mol. The van der Waals surface area contributed by atoms with E-state index >= 15 is 0 Å². The molecule has 1 fully saturated rings. The second-order valence-electron chi connectivity index (χ2n) is 9.30. The van der Waals surface area contributed by atoms with Crippen molar-refractivity contribution in [1.29, 1.82) is 0 Å². The number of Topliss-reactive ketones (excluding diaryl/α,β-unsaturated/α-hetero) is 1. The van der Waals surface area contributed by atoms with Gasteiger partial charge in [-0.3, -0.25) is 19.7 Å². The summed E-state index contributed by atoms with van der Waals surface area (Å²) in [5.41, 5.74) is -0.959. The summed E-state index contributed by atoms with van der Waals surface area (Å²) in [6.07, 6.45) is 2.26. The van der Waals surface area contributed by atoms with Crippen LogP contribution in [-0.4, -0.2) is 39.7 Å². The number of aryl methyl sites for hydroxylation is 1. The van der Waals surface area contributed by atoms with Crippen molar-refractivity contribution in [3.05, 3.63) is 97.6 Å². The van der Waals surface area contributed by atoms with Crippen molar-refractivity contribution < 1.29 is 26.9 Å². The number of non-ortho nitro benzene ring substituents is 1. The monoisotopic (exact) mass is 541 g/mol. The van der Waals surface area contributed by atoms with Gasteiger partial charge in [0.2, 0.25) is 0 Å². The van der Waals surface area contributed by atoms with Gasteiger partial charge >= 0.3 is 0 Å². The SMILES string of the molecule is Cc1cc2c(-c3ccc[nH]c3=O)c(C(=O)CS(=O)(=O)C3CC3)n(Cc3cc([N+](=O)[O-])ccc3F)c2cc1F. The highest BCUT2D eigenvalue weighted by Crippen LogP contribution is 2.37. The Morgan fingerprint density at radius 2 is 1.89 bits per heavy atom. The topological polar surface area (TPSA) is 132 Å². The van der Waals surface area contributed by atoms with Crippen molar-refractivity contribution in [3.63, 3.8) is 0 Å². The van der Waals surface area contributed by atoms with E-state index in [9.17, 15) is 36.9 Å². The predicted molar refractivity (Wildman–Crippen MR) is 136 cm³/mol. The molecule has 4 aromatic rings. The summed E-state index contributed by atoms with van der Waals surface area (Å²) in [7, 11) is -3.80. The highest BCUT2D eigenvalue weighted by Gasteiger charge is 2.38. The first-order valence-corrected chi connectivity index (χ1v) is 13.4. The lowest BCUT2D eigenvalue weighted by atomic mass is 10.0. The van der Waals surface area contributed by atoms with Crippen molar-refractivity contribution in [1.82, 2.24) is 9.55 Å². The number of nitrogens with one attached hydrogen (secondary N) is 1. The maximum Gasteiger partial charge on any atom is 0.269 e. The summed E-state index contributed by atoms with van der Waals surface area (Å²) in [5, 5.41) is 10.9. The molecule has 1 aliphatic carbocycles. The number of sulfone groups is 1. The number of H-pyrrole nitrogens is 1. The molecule has 0 bridgehead atoms. The molecule has 0 radical (unpaired) electrons. The Labute approximate surface area is 214 Å². The third-order valence-corrected chi connectivity index (χ3v) is 8.78. The molecule has 38 heavy (non-hydrogen) atoms. The minimum Gasteiger partial charge on any atom is -0.333 e. The second kappa shape index (κ2) is 9.28.